The number of halogens is 1. The molecule has 3 nitrogen and oxygen atoms in total. The van der Waals surface area contributed by atoms with E-state index in [1.165, 1.54) is 5.56 Å². The van der Waals surface area contributed by atoms with Gasteiger partial charge in [-0.15, -0.1) is 0 Å². The molecule has 0 aliphatic carbocycles. The molecule has 1 atom stereocenters. The van der Waals surface area contributed by atoms with Crippen LogP contribution in [0.2, 0.25) is 0 Å². The van der Waals surface area contributed by atoms with Crippen LogP contribution in [0.25, 0.3) is 0 Å². The van der Waals surface area contributed by atoms with E-state index in [2.05, 4.69) is 21.2 Å². The molecule has 1 N–H and O–H groups in total. The molecule has 1 rings (SSSR count). The summed E-state index contributed by atoms with van der Waals surface area (Å²) in [6.07, 6.45) is 0.851. The standard InChI is InChI=1S/C15H22BrNO2/c1-10-7-11(2)14(12(3)8-10)15(18)17-6-5-13(16)9-19-4/h7-8,13H,5-6,9H2,1-4H3,(H,17,18). The Morgan fingerprint density at radius 2 is 1.89 bits per heavy atom. The van der Waals surface area contributed by atoms with E-state index in [9.17, 15) is 4.79 Å². The van der Waals surface area contributed by atoms with Crippen molar-refractivity contribution in [2.45, 2.75) is 32.0 Å². The number of hydrogen-bond donors (Lipinski definition) is 1. The van der Waals surface area contributed by atoms with E-state index in [1.54, 1.807) is 7.11 Å². The van der Waals surface area contributed by atoms with Gasteiger partial charge in [0.2, 0.25) is 0 Å². The predicted octanol–water partition coefficient (Wildman–Crippen LogP) is 3.14. The van der Waals surface area contributed by atoms with Crippen LogP contribution < -0.4 is 5.32 Å². The first-order valence-corrected chi connectivity index (χ1v) is 7.36. The van der Waals surface area contributed by atoms with Gasteiger partial charge >= 0.3 is 0 Å². The van der Waals surface area contributed by atoms with Crippen LogP contribution in [-0.2, 0) is 4.74 Å². The lowest BCUT2D eigenvalue weighted by molar-refractivity contribution is 0.0950. The van der Waals surface area contributed by atoms with E-state index < -0.39 is 0 Å². The molecule has 0 spiro atoms. The van der Waals surface area contributed by atoms with E-state index in [-0.39, 0.29) is 10.7 Å². The lowest BCUT2D eigenvalue weighted by Gasteiger charge is -2.13. The second kappa shape index (κ2) is 7.65. The van der Waals surface area contributed by atoms with Crippen molar-refractivity contribution in [1.29, 1.82) is 0 Å². The molecule has 0 aromatic heterocycles. The van der Waals surface area contributed by atoms with Crippen LogP contribution in [0.1, 0.15) is 33.5 Å². The van der Waals surface area contributed by atoms with Crippen molar-refractivity contribution in [3.63, 3.8) is 0 Å². The fraction of sp³-hybridized carbons (Fsp3) is 0.533. The topological polar surface area (TPSA) is 38.3 Å². The number of rotatable bonds is 6. The van der Waals surface area contributed by atoms with Crippen LogP contribution in [0.5, 0.6) is 0 Å². The minimum absolute atomic E-state index is 0.00659. The third-order valence-corrected chi connectivity index (χ3v) is 3.72. The summed E-state index contributed by atoms with van der Waals surface area (Å²) in [5.74, 6) is 0.00659. The smallest absolute Gasteiger partial charge is 0.251 e. The Kier molecular flexibility index (Phi) is 6.52. The number of amides is 1. The first kappa shape index (κ1) is 16.2. The largest absolute Gasteiger partial charge is 0.384 e. The molecule has 0 aliphatic heterocycles. The summed E-state index contributed by atoms with van der Waals surface area (Å²) in [4.78, 5) is 12.5. The molecule has 0 saturated carbocycles. The van der Waals surface area contributed by atoms with Crippen LogP contribution in [0.4, 0.5) is 0 Å². The van der Waals surface area contributed by atoms with Crippen molar-refractivity contribution in [2.75, 3.05) is 20.3 Å². The number of aryl methyl sites for hydroxylation is 3. The lowest BCUT2D eigenvalue weighted by Crippen LogP contribution is -2.28. The molecule has 0 heterocycles. The number of carbonyl (C=O) groups excluding carboxylic acids is 1. The molecule has 1 unspecified atom stereocenters. The lowest BCUT2D eigenvalue weighted by atomic mass is 9.99. The number of ether oxygens (including phenoxy) is 1. The number of alkyl halides is 1. The highest BCUT2D eigenvalue weighted by molar-refractivity contribution is 9.09. The van der Waals surface area contributed by atoms with Crippen LogP contribution >= 0.6 is 15.9 Å². The summed E-state index contributed by atoms with van der Waals surface area (Å²) in [7, 11) is 1.67. The van der Waals surface area contributed by atoms with Gasteiger partial charge in [-0.1, -0.05) is 33.6 Å². The molecule has 0 fully saturated rings. The molecule has 0 radical (unpaired) electrons. The number of methoxy groups -OCH3 is 1. The normalized spacial score (nSPS) is 12.3. The van der Waals surface area contributed by atoms with Crippen molar-refractivity contribution >= 4 is 21.8 Å². The molecule has 1 aromatic carbocycles. The fourth-order valence-corrected chi connectivity index (χ4v) is 2.73. The van der Waals surface area contributed by atoms with Crippen LogP contribution in [0.3, 0.4) is 0 Å². The Balaban J connectivity index is 2.59. The summed E-state index contributed by atoms with van der Waals surface area (Å²) in [5.41, 5.74) is 4.04. The molecule has 1 aromatic rings. The van der Waals surface area contributed by atoms with Gasteiger partial charge in [0.1, 0.15) is 0 Å². The Morgan fingerprint density at radius 3 is 2.42 bits per heavy atom. The van der Waals surface area contributed by atoms with E-state index in [0.29, 0.717) is 13.2 Å². The average Bonchev–Trinajstić information content (AvgIpc) is 2.27. The Morgan fingerprint density at radius 1 is 1.32 bits per heavy atom. The Bertz CT molecular complexity index is 423. The molecule has 0 saturated heterocycles. The Hall–Kier alpha value is -0.870. The maximum absolute atomic E-state index is 12.2. The second-order valence-corrected chi connectivity index (χ2v) is 6.17. The summed E-state index contributed by atoms with van der Waals surface area (Å²) >= 11 is 3.51. The molecule has 0 aliphatic rings. The number of hydrogen-bond acceptors (Lipinski definition) is 2. The van der Waals surface area contributed by atoms with E-state index in [0.717, 1.165) is 23.1 Å². The average molecular weight is 328 g/mol. The first-order valence-electron chi connectivity index (χ1n) is 6.44. The van der Waals surface area contributed by atoms with Gasteiger partial charge in [0.15, 0.2) is 0 Å². The zero-order valence-corrected chi connectivity index (χ0v) is 13.6. The van der Waals surface area contributed by atoms with Crippen molar-refractivity contribution in [1.82, 2.24) is 5.32 Å². The van der Waals surface area contributed by atoms with E-state index in [1.807, 2.05) is 32.9 Å². The molecule has 106 valence electrons. The number of nitrogens with one attached hydrogen (secondary N) is 1. The maximum atomic E-state index is 12.2. The van der Waals surface area contributed by atoms with Crippen molar-refractivity contribution in [2.24, 2.45) is 0 Å². The maximum Gasteiger partial charge on any atom is 0.251 e. The monoisotopic (exact) mass is 327 g/mol. The van der Waals surface area contributed by atoms with Crippen molar-refractivity contribution in [3.8, 4) is 0 Å². The molecule has 19 heavy (non-hydrogen) atoms. The zero-order valence-electron chi connectivity index (χ0n) is 12.0. The first-order chi connectivity index (χ1) is 8.95. The summed E-state index contributed by atoms with van der Waals surface area (Å²) in [5, 5.41) is 2.96. The molecule has 4 heteroatoms. The quantitative estimate of drug-likeness (QED) is 0.815. The highest BCUT2D eigenvalue weighted by Crippen LogP contribution is 2.16. The number of carbonyl (C=O) groups is 1. The van der Waals surface area contributed by atoms with Gasteiger partial charge in [-0.25, -0.2) is 0 Å². The summed E-state index contributed by atoms with van der Waals surface area (Å²) in [6, 6.07) is 4.08. The number of benzene rings is 1. The third-order valence-electron chi connectivity index (χ3n) is 2.99. The predicted molar refractivity (Wildman–Crippen MR) is 82.2 cm³/mol. The van der Waals surface area contributed by atoms with Crippen LogP contribution in [0, 0.1) is 20.8 Å². The molecule has 0 bridgehead atoms. The van der Waals surface area contributed by atoms with Gasteiger partial charge in [-0.3, -0.25) is 4.79 Å². The van der Waals surface area contributed by atoms with Crippen molar-refractivity contribution in [3.05, 3.63) is 34.4 Å². The summed E-state index contributed by atoms with van der Waals surface area (Å²) < 4.78 is 5.04. The van der Waals surface area contributed by atoms with E-state index >= 15 is 0 Å². The van der Waals surface area contributed by atoms with Gasteiger partial charge < -0.3 is 10.1 Å². The highest BCUT2D eigenvalue weighted by atomic mass is 79.9. The van der Waals surface area contributed by atoms with E-state index in [4.69, 9.17) is 4.74 Å². The molecule has 1 amide bonds. The Labute approximate surface area is 123 Å². The van der Waals surface area contributed by atoms with Gasteiger partial charge in [-0.05, 0) is 38.3 Å². The minimum Gasteiger partial charge on any atom is -0.384 e. The minimum atomic E-state index is 0.00659. The fourth-order valence-electron chi connectivity index (χ4n) is 2.23. The SMILES string of the molecule is COCC(Br)CCNC(=O)c1c(C)cc(C)cc1C. The van der Waals surface area contributed by atoms with Gasteiger partial charge in [0.05, 0.1) is 6.61 Å². The van der Waals surface area contributed by atoms with Crippen LogP contribution in [0.15, 0.2) is 12.1 Å². The summed E-state index contributed by atoms with van der Waals surface area (Å²) in [6.45, 7) is 7.30. The molecular weight excluding hydrogens is 306 g/mol. The zero-order chi connectivity index (χ0) is 14.4. The third kappa shape index (κ3) is 4.96. The highest BCUT2D eigenvalue weighted by Gasteiger charge is 2.12. The van der Waals surface area contributed by atoms with Gasteiger partial charge in [-0.2, -0.15) is 0 Å². The van der Waals surface area contributed by atoms with Crippen LogP contribution in [-0.4, -0.2) is 31.0 Å². The second-order valence-electron chi connectivity index (χ2n) is 4.87. The molecular formula is C15H22BrNO2. The van der Waals surface area contributed by atoms with Gasteiger partial charge in [0.25, 0.3) is 5.91 Å². The van der Waals surface area contributed by atoms with Crippen molar-refractivity contribution < 1.29 is 9.53 Å². The van der Waals surface area contributed by atoms with Gasteiger partial charge in [0, 0.05) is 24.0 Å².